The maximum Gasteiger partial charge on any atom is 0.251 e. The third kappa shape index (κ3) is 4.30. The van der Waals surface area contributed by atoms with Crippen molar-refractivity contribution < 1.29 is 13.2 Å². The Kier molecular flexibility index (Phi) is 6.56. The molecule has 0 aromatic heterocycles. The van der Waals surface area contributed by atoms with Gasteiger partial charge < -0.3 is 5.32 Å². The molecule has 22 heavy (non-hydrogen) atoms. The SMILES string of the molecule is CCN(CC)S(=O)(=O)c1cccc(C(=O)N[C@@H](C)C(C)C)c1. The molecule has 124 valence electrons. The molecule has 1 rings (SSSR count). The number of rotatable bonds is 7. The highest BCUT2D eigenvalue weighted by atomic mass is 32.2. The third-order valence-electron chi connectivity index (χ3n) is 3.80. The van der Waals surface area contributed by atoms with Crippen LogP contribution >= 0.6 is 0 Å². The summed E-state index contributed by atoms with van der Waals surface area (Å²) in [5, 5.41) is 2.88. The maximum absolute atomic E-state index is 12.5. The van der Waals surface area contributed by atoms with E-state index in [1.54, 1.807) is 26.0 Å². The van der Waals surface area contributed by atoms with E-state index in [1.165, 1.54) is 16.4 Å². The van der Waals surface area contributed by atoms with Gasteiger partial charge in [-0.1, -0.05) is 33.8 Å². The minimum Gasteiger partial charge on any atom is -0.349 e. The Morgan fingerprint density at radius 2 is 1.77 bits per heavy atom. The van der Waals surface area contributed by atoms with Crippen LogP contribution in [0.4, 0.5) is 0 Å². The van der Waals surface area contributed by atoms with Crippen LogP contribution in [0.5, 0.6) is 0 Å². The van der Waals surface area contributed by atoms with Crippen molar-refractivity contribution >= 4 is 15.9 Å². The normalized spacial score (nSPS) is 13.4. The molecule has 0 saturated carbocycles. The van der Waals surface area contributed by atoms with Crippen molar-refractivity contribution in [2.24, 2.45) is 5.92 Å². The van der Waals surface area contributed by atoms with Crippen LogP contribution in [0.25, 0.3) is 0 Å². The number of carbonyl (C=O) groups is 1. The summed E-state index contributed by atoms with van der Waals surface area (Å²) in [6, 6.07) is 6.22. The molecule has 6 heteroatoms. The predicted octanol–water partition coefficient (Wildman–Crippen LogP) is 2.49. The minimum absolute atomic E-state index is 0.0237. The summed E-state index contributed by atoms with van der Waals surface area (Å²) in [5.41, 5.74) is 0.362. The van der Waals surface area contributed by atoms with Crippen molar-refractivity contribution in [1.29, 1.82) is 0 Å². The molecule has 1 amide bonds. The van der Waals surface area contributed by atoms with Crippen molar-refractivity contribution in [1.82, 2.24) is 9.62 Å². The number of hydrogen-bond donors (Lipinski definition) is 1. The molecule has 0 radical (unpaired) electrons. The van der Waals surface area contributed by atoms with Gasteiger partial charge in [0.1, 0.15) is 0 Å². The molecule has 1 N–H and O–H groups in total. The lowest BCUT2D eigenvalue weighted by Crippen LogP contribution is -2.36. The molecule has 1 atom stereocenters. The van der Waals surface area contributed by atoms with E-state index < -0.39 is 10.0 Å². The number of hydrogen-bond acceptors (Lipinski definition) is 3. The second-order valence-corrected chi connectivity index (χ2v) is 7.56. The van der Waals surface area contributed by atoms with E-state index in [2.05, 4.69) is 5.32 Å². The highest BCUT2D eigenvalue weighted by Gasteiger charge is 2.22. The standard InChI is InChI=1S/C16H26N2O3S/c1-6-18(7-2)22(20,21)15-10-8-9-14(11-15)16(19)17-13(5)12(3)4/h8-13H,6-7H2,1-5H3,(H,17,19)/t13-/m0/s1. The fraction of sp³-hybridized carbons (Fsp3) is 0.562. The first-order valence-corrected chi connectivity index (χ1v) is 9.09. The van der Waals surface area contributed by atoms with Gasteiger partial charge in [-0.25, -0.2) is 8.42 Å². The minimum atomic E-state index is -3.55. The van der Waals surface area contributed by atoms with Gasteiger partial charge in [-0.15, -0.1) is 0 Å². The number of nitrogens with one attached hydrogen (secondary N) is 1. The molecule has 0 saturated heterocycles. The second kappa shape index (κ2) is 7.74. The van der Waals surface area contributed by atoms with E-state index in [0.29, 0.717) is 24.6 Å². The summed E-state index contributed by atoms with van der Waals surface area (Å²) in [6.07, 6.45) is 0. The quantitative estimate of drug-likeness (QED) is 0.837. The van der Waals surface area contributed by atoms with Crippen LogP contribution < -0.4 is 5.32 Å². The van der Waals surface area contributed by atoms with Gasteiger partial charge in [-0.3, -0.25) is 4.79 Å². The lowest BCUT2D eigenvalue weighted by molar-refractivity contribution is 0.0930. The van der Waals surface area contributed by atoms with E-state index in [9.17, 15) is 13.2 Å². The molecular weight excluding hydrogens is 300 g/mol. The summed E-state index contributed by atoms with van der Waals surface area (Å²) in [4.78, 5) is 12.4. The molecule has 0 spiro atoms. The fourth-order valence-electron chi connectivity index (χ4n) is 1.97. The highest BCUT2D eigenvalue weighted by Crippen LogP contribution is 2.17. The van der Waals surface area contributed by atoms with Crippen LogP contribution in [0.3, 0.4) is 0 Å². The fourth-order valence-corrected chi connectivity index (χ4v) is 3.47. The summed E-state index contributed by atoms with van der Waals surface area (Å²) in [5.74, 6) is 0.0596. The van der Waals surface area contributed by atoms with Crippen molar-refractivity contribution in [3.8, 4) is 0 Å². The van der Waals surface area contributed by atoms with Crippen LogP contribution in [0.15, 0.2) is 29.2 Å². The summed E-state index contributed by atoms with van der Waals surface area (Å²) < 4.78 is 26.4. The predicted molar refractivity (Wildman–Crippen MR) is 88.3 cm³/mol. The monoisotopic (exact) mass is 326 g/mol. The molecule has 1 aromatic carbocycles. The first kappa shape index (κ1) is 18.6. The van der Waals surface area contributed by atoms with Gasteiger partial charge in [0.2, 0.25) is 10.0 Å². The van der Waals surface area contributed by atoms with Crippen LogP contribution in [0.1, 0.15) is 45.0 Å². The zero-order valence-electron chi connectivity index (χ0n) is 14.0. The first-order chi connectivity index (χ1) is 10.2. The number of amides is 1. The maximum atomic E-state index is 12.5. The molecule has 0 heterocycles. The average Bonchev–Trinajstić information content (AvgIpc) is 2.48. The lowest BCUT2D eigenvalue weighted by Gasteiger charge is -2.20. The zero-order valence-corrected chi connectivity index (χ0v) is 14.8. The Morgan fingerprint density at radius 1 is 1.18 bits per heavy atom. The van der Waals surface area contributed by atoms with Gasteiger partial charge in [0.15, 0.2) is 0 Å². The molecule has 0 unspecified atom stereocenters. The van der Waals surface area contributed by atoms with E-state index in [1.807, 2.05) is 20.8 Å². The van der Waals surface area contributed by atoms with Gasteiger partial charge in [0.05, 0.1) is 4.90 Å². The van der Waals surface area contributed by atoms with Gasteiger partial charge in [-0.05, 0) is 31.0 Å². The van der Waals surface area contributed by atoms with Gasteiger partial charge in [0, 0.05) is 24.7 Å². The smallest absolute Gasteiger partial charge is 0.251 e. The molecule has 1 aromatic rings. The van der Waals surface area contributed by atoms with Crippen LogP contribution in [-0.2, 0) is 10.0 Å². The Balaban J connectivity index is 3.07. The first-order valence-electron chi connectivity index (χ1n) is 7.65. The average molecular weight is 326 g/mol. The molecular formula is C16H26N2O3S. The van der Waals surface area contributed by atoms with Crippen LogP contribution in [0, 0.1) is 5.92 Å². The number of nitrogens with zero attached hydrogens (tertiary/aromatic N) is 1. The van der Waals surface area contributed by atoms with Gasteiger partial charge in [-0.2, -0.15) is 4.31 Å². The van der Waals surface area contributed by atoms with E-state index >= 15 is 0 Å². The van der Waals surface area contributed by atoms with E-state index in [-0.39, 0.29) is 16.8 Å². The van der Waals surface area contributed by atoms with E-state index in [0.717, 1.165) is 0 Å². The Hall–Kier alpha value is -1.40. The topological polar surface area (TPSA) is 66.5 Å². The van der Waals surface area contributed by atoms with Gasteiger partial charge >= 0.3 is 0 Å². The Labute approximate surface area is 133 Å². The molecule has 0 aliphatic carbocycles. The Morgan fingerprint density at radius 3 is 2.27 bits per heavy atom. The van der Waals surface area contributed by atoms with Crippen molar-refractivity contribution in [2.75, 3.05) is 13.1 Å². The summed E-state index contributed by atoms with van der Waals surface area (Å²) in [7, 11) is -3.55. The summed E-state index contributed by atoms with van der Waals surface area (Å²) in [6.45, 7) is 10.4. The van der Waals surface area contributed by atoms with Crippen molar-refractivity contribution in [3.63, 3.8) is 0 Å². The largest absolute Gasteiger partial charge is 0.349 e. The van der Waals surface area contributed by atoms with E-state index in [4.69, 9.17) is 0 Å². The zero-order chi connectivity index (χ0) is 16.9. The lowest BCUT2D eigenvalue weighted by atomic mass is 10.1. The Bertz CT molecular complexity index is 608. The highest BCUT2D eigenvalue weighted by molar-refractivity contribution is 7.89. The summed E-state index contributed by atoms with van der Waals surface area (Å²) >= 11 is 0. The number of benzene rings is 1. The molecule has 0 aliphatic rings. The number of carbonyl (C=O) groups excluding carboxylic acids is 1. The molecule has 0 fully saturated rings. The van der Waals surface area contributed by atoms with Crippen molar-refractivity contribution in [3.05, 3.63) is 29.8 Å². The third-order valence-corrected chi connectivity index (χ3v) is 5.84. The van der Waals surface area contributed by atoms with Crippen LogP contribution in [0.2, 0.25) is 0 Å². The molecule has 0 aliphatic heterocycles. The van der Waals surface area contributed by atoms with Crippen LogP contribution in [-0.4, -0.2) is 37.8 Å². The number of sulfonamides is 1. The van der Waals surface area contributed by atoms with Gasteiger partial charge in [0.25, 0.3) is 5.91 Å². The second-order valence-electron chi connectivity index (χ2n) is 5.62. The molecule has 0 bridgehead atoms. The van der Waals surface area contributed by atoms with Crippen molar-refractivity contribution in [2.45, 2.75) is 45.6 Å². The molecule has 5 nitrogen and oxygen atoms in total.